The summed E-state index contributed by atoms with van der Waals surface area (Å²) in [5, 5.41) is 13.7. The van der Waals surface area contributed by atoms with Crippen LogP contribution in [0.4, 0.5) is 21.5 Å². The molecule has 0 unspecified atom stereocenters. The molecule has 0 bridgehead atoms. The topological polar surface area (TPSA) is 110 Å². The van der Waals surface area contributed by atoms with Crippen LogP contribution < -0.4 is 9.62 Å². The number of nitro benzene ring substituents is 1. The van der Waals surface area contributed by atoms with Gasteiger partial charge in [0.05, 0.1) is 34.7 Å². The molecular formula is C22H20FN3O5S. The number of nitrogens with one attached hydrogen (secondary N) is 1. The first-order chi connectivity index (χ1) is 15.1. The third-order valence-electron chi connectivity index (χ3n) is 4.81. The van der Waals surface area contributed by atoms with E-state index in [4.69, 9.17) is 0 Å². The van der Waals surface area contributed by atoms with Gasteiger partial charge in [-0.05, 0) is 55.0 Å². The van der Waals surface area contributed by atoms with E-state index in [2.05, 4.69) is 5.32 Å². The van der Waals surface area contributed by atoms with Crippen LogP contribution in [0.15, 0.2) is 66.7 Å². The Balaban J connectivity index is 1.82. The van der Waals surface area contributed by atoms with Gasteiger partial charge in [0.1, 0.15) is 5.82 Å². The SMILES string of the molecule is Cc1c(NC(=O)c2ccc(N(Cc3ccc(F)cc3)S(C)(=O)=O)cc2)cccc1[N+](=O)[O-]. The Hall–Kier alpha value is -3.79. The van der Waals surface area contributed by atoms with Crippen molar-refractivity contribution < 1.29 is 22.5 Å². The highest BCUT2D eigenvalue weighted by atomic mass is 32.2. The summed E-state index contributed by atoms with van der Waals surface area (Å²) in [5.41, 5.74) is 1.70. The molecule has 0 spiro atoms. The molecule has 0 radical (unpaired) electrons. The van der Waals surface area contributed by atoms with Crippen LogP contribution in [0.2, 0.25) is 0 Å². The maximum atomic E-state index is 13.1. The Morgan fingerprint density at radius 3 is 2.25 bits per heavy atom. The van der Waals surface area contributed by atoms with Crippen LogP contribution in [-0.2, 0) is 16.6 Å². The van der Waals surface area contributed by atoms with Crippen LogP contribution in [0, 0.1) is 22.9 Å². The summed E-state index contributed by atoms with van der Waals surface area (Å²) < 4.78 is 38.9. The third-order valence-corrected chi connectivity index (χ3v) is 5.95. The molecule has 0 aliphatic rings. The minimum atomic E-state index is -3.65. The number of nitrogens with zero attached hydrogens (tertiary/aromatic N) is 2. The number of hydrogen-bond acceptors (Lipinski definition) is 5. The molecule has 0 atom stereocenters. The molecule has 0 aliphatic carbocycles. The van der Waals surface area contributed by atoms with Gasteiger partial charge in [-0.25, -0.2) is 12.8 Å². The largest absolute Gasteiger partial charge is 0.321 e. The van der Waals surface area contributed by atoms with Gasteiger partial charge in [0.15, 0.2) is 0 Å². The average Bonchev–Trinajstić information content (AvgIpc) is 2.74. The van der Waals surface area contributed by atoms with Gasteiger partial charge in [0, 0.05) is 11.6 Å². The molecule has 8 nitrogen and oxygen atoms in total. The van der Waals surface area contributed by atoms with Crippen molar-refractivity contribution in [1.82, 2.24) is 0 Å². The standard InChI is InChI=1S/C22H20FN3O5S/c1-15-20(4-3-5-21(15)26(28)29)24-22(27)17-8-12-19(13-9-17)25(32(2,30)31)14-16-6-10-18(23)11-7-16/h3-13H,14H2,1-2H3,(H,24,27). The Kier molecular flexibility index (Phi) is 6.54. The molecule has 10 heteroatoms. The number of anilines is 2. The summed E-state index contributed by atoms with van der Waals surface area (Å²) in [6.07, 6.45) is 1.06. The molecule has 32 heavy (non-hydrogen) atoms. The lowest BCUT2D eigenvalue weighted by atomic mass is 10.1. The molecule has 1 amide bonds. The van der Waals surface area contributed by atoms with Gasteiger partial charge in [-0.15, -0.1) is 0 Å². The molecule has 166 valence electrons. The Morgan fingerprint density at radius 2 is 1.69 bits per heavy atom. The number of nitro groups is 1. The second-order valence-electron chi connectivity index (χ2n) is 7.10. The quantitative estimate of drug-likeness (QED) is 0.421. The number of benzene rings is 3. The van der Waals surface area contributed by atoms with Crippen molar-refractivity contribution in [1.29, 1.82) is 0 Å². The maximum Gasteiger partial charge on any atom is 0.274 e. The van der Waals surface area contributed by atoms with Gasteiger partial charge in [0.2, 0.25) is 10.0 Å². The van der Waals surface area contributed by atoms with Crippen molar-refractivity contribution in [2.24, 2.45) is 0 Å². The van der Waals surface area contributed by atoms with Gasteiger partial charge >= 0.3 is 0 Å². The fourth-order valence-corrected chi connectivity index (χ4v) is 3.97. The zero-order chi connectivity index (χ0) is 23.5. The lowest BCUT2D eigenvalue weighted by molar-refractivity contribution is -0.385. The number of hydrogen-bond donors (Lipinski definition) is 1. The number of rotatable bonds is 7. The van der Waals surface area contributed by atoms with E-state index in [0.717, 1.165) is 10.6 Å². The number of halogens is 1. The number of carbonyl (C=O) groups is 1. The second kappa shape index (κ2) is 9.15. The van der Waals surface area contributed by atoms with Gasteiger partial charge in [0.25, 0.3) is 11.6 Å². The Morgan fingerprint density at radius 1 is 1.06 bits per heavy atom. The molecule has 3 aromatic carbocycles. The van der Waals surface area contributed by atoms with Gasteiger partial charge in [-0.3, -0.25) is 19.2 Å². The van der Waals surface area contributed by atoms with Crippen LogP contribution in [0.5, 0.6) is 0 Å². The van der Waals surface area contributed by atoms with Crippen LogP contribution in [-0.4, -0.2) is 25.5 Å². The number of amides is 1. The summed E-state index contributed by atoms with van der Waals surface area (Å²) in [7, 11) is -3.65. The Labute approximate surface area is 184 Å². The van der Waals surface area contributed by atoms with E-state index < -0.39 is 26.7 Å². The van der Waals surface area contributed by atoms with E-state index in [1.165, 1.54) is 67.6 Å². The van der Waals surface area contributed by atoms with Gasteiger partial charge in [-0.1, -0.05) is 18.2 Å². The van der Waals surface area contributed by atoms with Crippen molar-refractivity contribution in [3.05, 3.63) is 99.4 Å². The molecule has 0 aromatic heterocycles. The van der Waals surface area contributed by atoms with E-state index in [0.29, 0.717) is 22.5 Å². The predicted octanol–water partition coefficient (Wildman–Crippen LogP) is 4.26. The predicted molar refractivity (Wildman–Crippen MR) is 120 cm³/mol. The van der Waals surface area contributed by atoms with Crippen LogP contribution in [0.25, 0.3) is 0 Å². The third kappa shape index (κ3) is 5.27. The highest BCUT2D eigenvalue weighted by Gasteiger charge is 2.19. The van der Waals surface area contributed by atoms with Crippen LogP contribution in [0.3, 0.4) is 0 Å². The molecule has 0 aliphatic heterocycles. The zero-order valence-corrected chi connectivity index (χ0v) is 18.1. The van der Waals surface area contributed by atoms with E-state index in [1.807, 2.05) is 0 Å². The highest BCUT2D eigenvalue weighted by Crippen LogP contribution is 2.26. The Bertz CT molecular complexity index is 1260. The lowest BCUT2D eigenvalue weighted by Gasteiger charge is -2.22. The molecule has 0 heterocycles. The summed E-state index contributed by atoms with van der Waals surface area (Å²) >= 11 is 0. The minimum Gasteiger partial charge on any atom is -0.321 e. The smallest absolute Gasteiger partial charge is 0.274 e. The van der Waals surface area contributed by atoms with E-state index >= 15 is 0 Å². The van der Waals surface area contributed by atoms with Crippen molar-refractivity contribution in [3.63, 3.8) is 0 Å². The fraction of sp³-hybridized carbons (Fsp3) is 0.136. The normalized spacial score (nSPS) is 11.1. The van der Waals surface area contributed by atoms with Crippen molar-refractivity contribution in [2.75, 3.05) is 15.9 Å². The fourth-order valence-electron chi connectivity index (χ4n) is 3.09. The van der Waals surface area contributed by atoms with E-state index in [-0.39, 0.29) is 17.8 Å². The lowest BCUT2D eigenvalue weighted by Crippen LogP contribution is -2.29. The minimum absolute atomic E-state index is 0.00245. The molecule has 1 N–H and O–H groups in total. The first-order valence-electron chi connectivity index (χ1n) is 9.44. The number of carbonyl (C=O) groups excluding carboxylic acids is 1. The van der Waals surface area contributed by atoms with Gasteiger partial charge in [-0.2, -0.15) is 0 Å². The van der Waals surface area contributed by atoms with Crippen molar-refractivity contribution in [2.45, 2.75) is 13.5 Å². The molecule has 0 fully saturated rings. The molecule has 3 aromatic rings. The first-order valence-corrected chi connectivity index (χ1v) is 11.3. The average molecular weight is 457 g/mol. The van der Waals surface area contributed by atoms with Gasteiger partial charge < -0.3 is 5.32 Å². The van der Waals surface area contributed by atoms with Crippen molar-refractivity contribution in [3.8, 4) is 0 Å². The van der Waals surface area contributed by atoms with Crippen molar-refractivity contribution >= 4 is 33.0 Å². The van der Waals surface area contributed by atoms with Crippen LogP contribution in [0.1, 0.15) is 21.5 Å². The second-order valence-corrected chi connectivity index (χ2v) is 9.01. The first kappa shape index (κ1) is 22.9. The summed E-state index contributed by atoms with van der Waals surface area (Å²) in [6, 6.07) is 15.8. The summed E-state index contributed by atoms with van der Waals surface area (Å²) in [4.78, 5) is 23.2. The zero-order valence-electron chi connectivity index (χ0n) is 17.3. The number of sulfonamides is 1. The molecule has 3 rings (SSSR count). The van der Waals surface area contributed by atoms with Crippen LogP contribution >= 0.6 is 0 Å². The van der Waals surface area contributed by atoms with E-state index in [1.54, 1.807) is 6.07 Å². The maximum absolute atomic E-state index is 13.1. The molecule has 0 saturated heterocycles. The van der Waals surface area contributed by atoms with E-state index in [9.17, 15) is 27.7 Å². The molecule has 0 saturated carbocycles. The summed E-state index contributed by atoms with van der Waals surface area (Å²) in [6.45, 7) is 1.54. The molecular weight excluding hydrogens is 437 g/mol. The summed E-state index contributed by atoms with van der Waals surface area (Å²) in [5.74, 6) is -0.918. The highest BCUT2D eigenvalue weighted by molar-refractivity contribution is 7.92. The monoisotopic (exact) mass is 457 g/mol.